The van der Waals surface area contributed by atoms with Gasteiger partial charge in [-0.05, 0) is 42.5 Å². The molecular weight excluding hydrogens is 252 g/mol. The fourth-order valence-electron chi connectivity index (χ4n) is 2.68. The summed E-state index contributed by atoms with van der Waals surface area (Å²) in [5.41, 5.74) is 8.93. The number of aryl methyl sites for hydroxylation is 1. The molecule has 1 fully saturated rings. The SMILES string of the molecule is Cl.NC1CC12CCc1cc(Cl)c(Cl)cc12. The van der Waals surface area contributed by atoms with Gasteiger partial charge in [0.2, 0.25) is 0 Å². The quantitative estimate of drug-likeness (QED) is 0.764. The van der Waals surface area contributed by atoms with Crippen LogP contribution in [0.2, 0.25) is 10.0 Å². The van der Waals surface area contributed by atoms with Crippen LogP contribution in [0.25, 0.3) is 0 Å². The highest BCUT2D eigenvalue weighted by atomic mass is 35.5. The van der Waals surface area contributed by atoms with E-state index in [-0.39, 0.29) is 17.8 Å². The van der Waals surface area contributed by atoms with Crippen molar-refractivity contribution in [1.29, 1.82) is 0 Å². The minimum atomic E-state index is 0. The van der Waals surface area contributed by atoms with Gasteiger partial charge in [-0.25, -0.2) is 0 Å². The summed E-state index contributed by atoms with van der Waals surface area (Å²) in [5.74, 6) is 0. The lowest BCUT2D eigenvalue weighted by molar-refractivity contribution is 0.651. The Morgan fingerprint density at radius 2 is 1.87 bits per heavy atom. The van der Waals surface area contributed by atoms with E-state index >= 15 is 0 Å². The van der Waals surface area contributed by atoms with Crippen molar-refractivity contribution in [2.24, 2.45) is 5.73 Å². The van der Waals surface area contributed by atoms with E-state index < -0.39 is 0 Å². The fraction of sp³-hybridized carbons (Fsp3) is 0.455. The molecule has 0 aromatic heterocycles. The molecule has 2 aliphatic rings. The Hall–Kier alpha value is 0.0500. The number of fused-ring (bicyclic) bond motifs is 2. The predicted octanol–water partition coefficient (Wildman–Crippen LogP) is 3.33. The van der Waals surface area contributed by atoms with E-state index in [2.05, 4.69) is 0 Å². The van der Waals surface area contributed by atoms with Crippen LogP contribution in [0.1, 0.15) is 24.0 Å². The van der Waals surface area contributed by atoms with Gasteiger partial charge in [0.15, 0.2) is 0 Å². The van der Waals surface area contributed by atoms with Gasteiger partial charge in [0, 0.05) is 11.5 Å². The van der Waals surface area contributed by atoms with Crippen molar-refractivity contribution < 1.29 is 0 Å². The zero-order valence-electron chi connectivity index (χ0n) is 8.09. The van der Waals surface area contributed by atoms with Gasteiger partial charge in [0.1, 0.15) is 0 Å². The standard InChI is InChI=1S/C11H11Cl2N.ClH/c12-8-3-6-1-2-11(5-10(11)14)7(6)4-9(8)13;/h3-4,10H,1-2,5,14H2;1H. The van der Waals surface area contributed by atoms with Crippen molar-refractivity contribution in [3.05, 3.63) is 33.3 Å². The molecule has 1 aromatic rings. The van der Waals surface area contributed by atoms with Crippen LogP contribution in [0.5, 0.6) is 0 Å². The molecule has 4 heteroatoms. The molecule has 1 aromatic carbocycles. The Morgan fingerprint density at radius 1 is 1.27 bits per heavy atom. The molecule has 0 amide bonds. The first kappa shape index (κ1) is 11.5. The third-order valence-corrected chi connectivity index (χ3v) is 4.38. The van der Waals surface area contributed by atoms with Gasteiger partial charge in [-0.1, -0.05) is 23.2 Å². The molecule has 1 spiro atoms. The first-order chi connectivity index (χ1) is 6.63. The van der Waals surface area contributed by atoms with Crippen LogP contribution < -0.4 is 5.73 Å². The average molecular weight is 265 g/mol. The topological polar surface area (TPSA) is 26.0 Å². The van der Waals surface area contributed by atoms with E-state index in [0.717, 1.165) is 12.8 Å². The van der Waals surface area contributed by atoms with Crippen molar-refractivity contribution in [2.45, 2.75) is 30.7 Å². The van der Waals surface area contributed by atoms with Gasteiger partial charge in [0.05, 0.1) is 10.0 Å². The summed E-state index contributed by atoms with van der Waals surface area (Å²) in [6, 6.07) is 4.35. The number of hydrogen-bond donors (Lipinski definition) is 1. The number of halogens is 3. The van der Waals surface area contributed by atoms with Crippen LogP contribution in [0, 0.1) is 0 Å². The molecule has 1 nitrogen and oxygen atoms in total. The van der Waals surface area contributed by atoms with Crippen molar-refractivity contribution in [3.8, 4) is 0 Å². The summed E-state index contributed by atoms with van der Waals surface area (Å²) < 4.78 is 0. The number of rotatable bonds is 0. The second-order valence-electron chi connectivity index (χ2n) is 4.39. The molecule has 0 bridgehead atoms. The zero-order valence-corrected chi connectivity index (χ0v) is 10.4. The second-order valence-corrected chi connectivity index (χ2v) is 5.20. The van der Waals surface area contributed by atoms with Gasteiger partial charge in [-0.3, -0.25) is 0 Å². The third-order valence-electron chi connectivity index (χ3n) is 3.66. The van der Waals surface area contributed by atoms with Crippen molar-refractivity contribution >= 4 is 35.6 Å². The summed E-state index contributed by atoms with van der Waals surface area (Å²) in [5, 5.41) is 1.32. The molecule has 0 aliphatic heterocycles. The summed E-state index contributed by atoms with van der Waals surface area (Å²) >= 11 is 12.0. The van der Waals surface area contributed by atoms with Crippen LogP contribution in [0.15, 0.2) is 12.1 Å². The maximum atomic E-state index is 6.02. The third kappa shape index (κ3) is 1.49. The minimum Gasteiger partial charge on any atom is -0.327 e. The second kappa shape index (κ2) is 3.53. The highest BCUT2D eigenvalue weighted by molar-refractivity contribution is 6.42. The molecule has 2 unspecified atom stereocenters. The first-order valence-corrected chi connectivity index (χ1v) is 5.63. The Bertz CT molecular complexity index is 419. The summed E-state index contributed by atoms with van der Waals surface area (Å²) in [4.78, 5) is 0. The molecule has 82 valence electrons. The highest BCUT2D eigenvalue weighted by Gasteiger charge is 2.56. The van der Waals surface area contributed by atoms with Crippen LogP contribution in [0.4, 0.5) is 0 Å². The normalized spacial score (nSPS) is 31.3. The van der Waals surface area contributed by atoms with E-state index in [9.17, 15) is 0 Å². The van der Waals surface area contributed by atoms with E-state index in [0.29, 0.717) is 16.1 Å². The van der Waals surface area contributed by atoms with Gasteiger partial charge < -0.3 is 5.73 Å². The van der Waals surface area contributed by atoms with Crippen molar-refractivity contribution in [2.75, 3.05) is 0 Å². The molecule has 2 N–H and O–H groups in total. The van der Waals surface area contributed by atoms with Crippen LogP contribution in [0.3, 0.4) is 0 Å². The Morgan fingerprint density at radius 3 is 2.47 bits per heavy atom. The van der Waals surface area contributed by atoms with Crippen molar-refractivity contribution in [1.82, 2.24) is 0 Å². The van der Waals surface area contributed by atoms with Gasteiger partial charge >= 0.3 is 0 Å². The number of hydrogen-bond acceptors (Lipinski definition) is 1. The molecule has 0 radical (unpaired) electrons. The summed E-state index contributed by atoms with van der Waals surface area (Å²) in [6.07, 6.45) is 3.37. The maximum Gasteiger partial charge on any atom is 0.0595 e. The number of nitrogens with two attached hydrogens (primary N) is 1. The average Bonchev–Trinajstić information content (AvgIpc) is 2.67. The predicted molar refractivity (Wildman–Crippen MR) is 66.3 cm³/mol. The Kier molecular flexibility index (Phi) is 2.71. The highest BCUT2D eigenvalue weighted by Crippen LogP contribution is 2.56. The zero-order chi connectivity index (χ0) is 9.92. The van der Waals surface area contributed by atoms with E-state index in [1.165, 1.54) is 17.5 Å². The van der Waals surface area contributed by atoms with Crippen LogP contribution in [-0.4, -0.2) is 6.04 Å². The van der Waals surface area contributed by atoms with Gasteiger partial charge in [-0.2, -0.15) is 0 Å². The molecule has 2 atom stereocenters. The van der Waals surface area contributed by atoms with E-state index in [1.54, 1.807) is 0 Å². The van der Waals surface area contributed by atoms with Crippen LogP contribution in [-0.2, 0) is 11.8 Å². The Labute approximate surface area is 105 Å². The fourth-order valence-corrected chi connectivity index (χ4v) is 3.03. The van der Waals surface area contributed by atoms with Crippen molar-refractivity contribution in [3.63, 3.8) is 0 Å². The number of benzene rings is 1. The minimum absolute atomic E-state index is 0. The first-order valence-electron chi connectivity index (χ1n) is 4.87. The largest absolute Gasteiger partial charge is 0.327 e. The molecule has 0 heterocycles. The molecule has 15 heavy (non-hydrogen) atoms. The van der Waals surface area contributed by atoms with Crippen LogP contribution >= 0.6 is 35.6 Å². The molecule has 2 aliphatic carbocycles. The lowest BCUT2D eigenvalue weighted by atomic mass is 9.98. The summed E-state index contributed by atoms with van der Waals surface area (Å²) in [6.45, 7) is 0. The Balaban J connectivity index is 0.000000853. The lowest BCUT2D eigenvalue weighted by Crippen LogP contribution is -2.15. The smallest absolute Gasteiger partial charge is 0.0595 e. The maximum absolute atomic E-state index is 6.02. The lowest BCUT2D eigenvalue weighted by Gasteiger charge is -2.10. The van der Waals surface area contributed by atoms with Gasteiger partial charge in [-0.15, -0.1) is 12.4 Å². The molecule has 0 saturated heterocycles. The summed E-state index contributed by atoms with van der Waals surface area (Å²) in [7, 11) is 0. The molecule has 1 saturated carbocycles. The van der Waals surface area contributed by atoms with Gasteiger partial charge in [0.25, 0.3) is 0 Å². The molecule has 3 rings (SSSR count). The van der Waals surface area contributed by atoms with E-state index in [4.69, 9.17) is 28.9 Å². The monoisotopic (exact) mass is 263 g/mol. The molecular formula is C11H12Cl3N. The van der Waals surface area contributed by atoms with E-state index in [1.807, 2.05) is 12.1 Å².